The SMILES string of the molecule is COCC1OC(n2cc(C)c(N(C)C(=O)CCOCC(=O)N(C)c3nc(=O)n(C4OC(CC=O)C(OC)C4(C)C)cc3C)nc2=O)C(C)(C)C1OC. The van der Waals surface area contributed by atoms with Gasteiger partial charge in [-0.25, -0.2) is 9.59 Å². The predicted octanol–water partition coefficient (Wildman–Crippen LogP) is 1.56. The molecular weight excluding hydrogens is 680 g/mol. The molecule has 288 valence electrons. The number of carbonyl (C=O) groups excluding carboxylic acids is 3. The quantitative estimate of drug-likeness (QED) is 0.190. The van der Waals surface area contributed by atoms with Crippen LogP contribution in [-0.2, 0) is 42.8 Å². The Kier molecular flexibility index (Phi) is 12.9. The van der Waals surface area contributed by atoms with E-state index in [9.17, 15) is 24.0 Å². The number of carbonyl (C=O) groups is 3. The maximum absolute atomic E-state index is 13.2. The van der Waals surface area contributed by atoms with Crippen LogP contribution in [0.25, 0.3) is 0 Å². The number of methoxy groups -OCH3 is 3. The number of aromatic nitrogens is 4. The fraction of sp³-hybridized carbons (Fsp3) is 0.686. The molecule has 6 atom stereocenters. The third-order valence-corrected chi connectivity index (χ3v) is 9.98. The number of nitrogens with zero attached hydrogens (tertiary/aromatic N) is 6. The van der Waals surface area contributed by atoms with Gasteiger partial charge in [-0.2, -0.15) is 9.97 Å². The van der Waals surface area contributed by atoms with Crippen molar-refractivity contribution in [1.29, 1.82) is 0 Å². The average molecular weight is 733 g/mol. The Labute approximate surface area is 303 Å². The van der Waals surface area contributed by atoms with E-state index in [0.717, 1.165) is 6.29 Å². The van der Waals surface area contributed by atoms with Gasteiger partial charge in [0.05, 0.1) is 37.9 Å². The summed E-state index contributed by atoms with van der Waals surface area (Å²) in [6, 6.07) is 0. The van der Waals surface area contributed by atoms with Gasteiger partial charge in [0.1, 0.15) is 43.1 Å². The van der Waals surface area contributed by atoms with Gasteiger partial charge in [-0.15, -0.1) is 0 Å². The van der Waals surface area contributed by atoms with Gasteiger partial charge >= 0.3 is 11.4 Å². The topological polar surface area (TPSA) is 183 Å². The van der Waals surface area contributed by atoms with E-state index in [2.05, 4.69) is 9.97 Å². The number of amides is 2. The lowest BCUT2D eigenvalue weighted by atomic mass is 9.83. The summed E-state index contributed by atoms with van der Waals surface area (Å²) in [6.45, 7) is 10.9. The van der Waals surface area contributed by atoms with Crippen LogP contribution in [0.5, 0.6) is 0 Å². The van der Waals surface area contributed by atoms with Crippen molar-refractivity contribution >= 4 is 29.7 Å². The lowest BCUT2D eigenvalue weighted by molar-refractivity contribution is -0.125. The summed E-state index contributed by atoms with van der Waals surface area (Å²) >= 11 is 0. The summed E-state index contributed by atoms with van der Waals surface area (Å²) < 4.78 is 37.2. The van der Waals surface area contributed by atoms with Gasteiger partial charge in [-0.1, -0.05) is 27.7 Å². The molecule has 0 radical (unpaired) electrons. The second-order valence-corrected chi connectivity index (χ2v) is 14.4. The molecule has 0 bridgehead atoms. The van der Waals surface area contributed by atoms with Crippen LogP contribution in [0.1, 0.15) is 64.1 Å². The number of aryl methyl sites for hydroxylation is 2. The molecule has 0 aliphatic carbocycles. The van der Waals surface area contributed by atoms with Crippen molar-refractivity contribution in [3.63, 3.8) is 0 Å². The lowest BCUT2D eigenvalue weighted by Crippen LogP contribution is -2.40. The second-order valence-electron chi connectivity index (χ2n) is 14.4. The van der Waals surface area contributed by atoms with E-state index in [4.69, 9.17) is 28.4 Å². The number of ether oxygens (including phenoxy) is 6. The van der Waals surface area contributed by atoms with Crippen LogP contribution in [0, 0.1) is 24.7 Å². The molecule has 17 nitrogen and oxygen atoms in total. The van der Waals surface area contributed by atoms with Crippen LogP contribution in [0.4, 0.5) is 11.6 Å². The highest BCUT2D eigenvalue weighted by atomic mass is 16.6. The highest BCUT2D eigenvalue weighted by molar-refractivity contribution is 5.94. The van der Waals surface area contributed by atoms with Gasteiger partial charge in [-0.05, 0) is 13.8 Å². The summed E-state index contributed by atoms with van der Waals surface area (Å²) in [5.74, 6) is -0.536. The van der Waals surface area contributed by atoms with Crippen molar-refractivity contribution in [2.24, 2.45) is 10.8 Å². The summed E-state index contributed by atoms with van der Waals surface area (Å²) in [4.78, 5) is 74.6. The van der Waals surface area contributed by atoms with Gasteiger partial charge in [0.15, 0.2) is 0 Å². The van der Waals surface area contributed by atoms with Crippen LogP contribution >= 0.6 is 0 Å². The minimum absolute atomic E-state index is 0.0903. The standard InChI is InChI=1S/C35H52N6O11/c1-20-16-41(31-35(5,6)27(49-11)23(52-31)18-47-9)32(45)36-28(20)38(7)24(43)13-15-50-19-25(44)39(8)29-21(2)17-40(33(46)37-29)30-34(3,4)26(48-10)22(51-30)12-14-42/h14,16-17,22-23,26-27,30-31H,12-13,15,18-19H2,1-11H3. The predicted molar refractivity (Wildman–Crippen MR) is 188 cm³/mol. The summed E-state index contributed by atoms with van der Waals surface area (Å²) in [7, 11) is 7.68. The zero-order valence-corrected chi connectivity index (χ0v) is 31.9. The number of anilines is 2. The molecule has 4 rings (SSSR count). The molecule has 6 unspecified atom stereocenters. The van der Waals surface area contributed by atoms with Crippen LogP contribution in [0.15, 0.2) is 22.0 Å². The van der Waals surface area contributed by atoms with E-state index in [0.29, 0.717) is 17.7 Å². The third kappa shape index (κ3) is 7.89. The fourth-order valence-corrected chi connectivity index (χ4v) is 7.34. The molecule has 0 saturated carbocycles. The molecule has 2 saturated heterocycles. The lowest BCUT2D eigenvalue weighted by Gasteiger charge is -2.31. The first-order chi connectivity index (χ1) is 24.5. The van der Waals surface area contributed by atoms with Crippen LogP contribution in [0.3, 0.4) is 0 Å². The average Bonchev–Trinajstić information content (AvgIpc) is 3.49. The molecule has 0 spiro atoms. The van der Waals surface area contributed by atoms with E-state index in [1.807, 2.05) is 27.7 Å². The smallest absolute Gasteiger partial charge is 0.351 e. The van der Waals surface area contributed by atoms with E-state index in [1.165, 1.54) is 40.1 Å². The van der Waals surface area contributed by atoms with Crippen molar-refractivity contribution in [2.45, 2.75) is 91.3 Å². The Balaban J connectivity index is 1.36. The maximum atomic E-state index is 13.2. The molecule has 52 heavy (non-hydrogen) atoms. The number of hydrogen-bond acceptors (Lipinski definition) is 13. The van der Waals surface area contributed by atoms with E-state index < -0.39 is 52.8 Å². The molecule has 2 fully saturated rings. The Bertz CT molecular complexity index is 1740. The normalized spacial score (nSPS) is 24.9. The molecule has 4 heterocycles. The zero-order chi connectivity index (χ0) is 38.7. The van der Waals surface area contributed by atoms with E-state index in [1.54, 1.807) is 40.5 Å². The molecular formula is C35H52N6O11. The number of rotatable bonds is 15. The second kappa shape index (κ2) is 16.4. The third-order valence-electron chi connectivity index (χ3n) is 9.98. The Morgan fingerprint density at radius 1 is 0.827 bits per heavy atom. The molecule has 2 aromatic heterocycles. The van der Waals surface area contributed by atoms with Gasteiger partial charge in [0, 0.05) is 76.2 Å². The first kappa shape index (κ1) is 40.9. The molecule has 2 amide bonds. The fourth-order valence-electron chi connectivity index (χ4n) is 7.34. The van der Waals surface area contributed by atoms with Gasteiger partial charge in [-0.3, -0.25) is 28.5 Å². The first-order valence-corrected chi connectivity index (χ1v) is 17.1. The highest BCUT2D eigenvalue weighted by Gasteiger charge is 2.53. The summed E-state index contributed by atoms with van der Waals surface area (Å²) in [6.07, 6.45) is 0.839. The molecule has 0 N–H and O–H groups in total. The summed E-state index contributed by atoms with van der Waals surface area (Å²) in [5, 5.41) is 0. The maximum Gasteiger partial charge on any atom is 0.351 e. The molecule has 2 aliphatic rings. The van der Waals surface area contributed by atoms with Gasteiger partial charge in [0.25, 0.3) is 5.91 Å². The van der Waals surface area contributed by atoms with Crippen molar-refractivity contribution in [3.8, 4) is 0 Å². The number of hydrogen-bond donors (Lipinski definition) is 0. The minimum atomic E-state index is -0.753. The van der Waals surface area contributed by atoms with Crippen molar-refractivity contribution in [3.05, 3.63) is 44.5 Å². The molecule has 2 aromatic rings. The van der Waals surface area contributed by atoms with Crippen molar-refractivity contribution in [1.82, 2.24) is 19.1 Å². The van der Waals surface area contributed by atoms with Crippen LogP contribution < -0.4 is 21.2 Å². The van der Waals surface area contributed by atoms with Gasteiger partial charge in [0.2, 0.25) is 5.91 Å². The molecule has 2 aliphatic heterocycles. The van der Waals surface area contributed by atoms with Crippen molar-refractivity contribution < 1.29 is 42.8 Å². The van der Waals surface area contributed by atoms with Gasteiger partial charge < -0.3 is 33.2 Å². The molecule has 17 heteroatoms. The number of aldehydes is 1. The summed E-state index contributed by atoms with van der Waals surface area (Å²) in [5.41, 5.74) is -1.38. The largest absolute Gasteiger partial charge is 0.382 e. The Hall–Kier alpha value is -3.87. The Morgan fingerprint density at radius 3 is 1.75 bits per heavy atom. The first-order valence-electron chi connectivity index (χ1n) is 17.1. The van der Waals surface area contributed by atoms with Crippen molar-refractivity contribution in [2.75, 3.05) is 65.0 Å². The highest BCUT2D eigenvalue weighted by Crippen LogP contribution is 2.47. The molecule has 0 aromatic carbocycles. The van der Waals surface area contributed by atoms with E-state index >= 15 is 0 Å². The Morgan fingerprint density at radius 2 is 1.29 bits per heavy atom. The monoisotopic (exact) mass is 732 g/mol. The van der Waals surface area contributed by atoms with E-state index in [-0.39, 0.29) is 55.8 Å². The minimum Gasteiger partial charge on any atom is -0.382 e. The number of likely N-dealkylation sites (N-methyl/N-ethyl adjacent to an activating group) is 1. The van der Waals surface area contributed by atoms with Crippen LogP contribution in [0.2, 0.25) is 0 Å². The van der Waals surface area contributed by atoms with Crippen LogP contribution in [-0.4, -0.2) is 117 Å². The zero-order valence-electron chi connectivity index (χ0n) is 31.9.